The molecule has 6 heteroatoms. The van der Waals surface area contributed by atoms with Crippen molar-refractivity contribution in [3.8, 4) is 29.4 Å². The van der Waals surface area contributed by atoms with E-state index in [1.807, 2.05) is 53.9 Å². The Kier molecular flexibility index (Phi) is 5.83. The molecule has 1 N–H and O–H groups in total. The van der Waals surface area contributed by atoms with Gasteiger partial charge in [-0.1, -0.05) is 36.3 Å². The molecule has 0 unspecified atom stereocenters. The fraction of sp³-hybridized carbons (Fsp3) is 0.0526. The Hall–Kier alpha value is -2.62. The highest BCUT2D eigenvalue weighted by atomic mass is 79.9. The minimum absolute atomic E-state index is 0.237. The molecule has 0 saturated heterocycles. The van der Waals surface area contributed by atoms with Gasteiger partial charge in [0.15, 0.2) is 0 Å². The Morgan fingerprint density at radius 2 is 2.12 bits per heavy atom. The van der Waals surface area contributed by atoms with Gasteiger partial charge in [0.05, 0.1) is 16.4 Å². The highest BCUT2D eigenvalue weighted by molar-refractivity contribution is 9.10. The average Bonchev–Trinajstić information content (AvgIpc) is 3.11. The molecule has 0 aliphatic rings. The maximum atomic E-state index is 5.41. The number of nitrogens with one attached hydrogen (secondary N) is 1. The van der Waals surface area contributed by atoms with Crippen LogP contribution in [0.3, 0.4) is 0 Å². The van der Waals surface area contributed by atoms with Gasteiger partial charge in [0.25, 0.3) is 0 Å². The number of hydrazone groups is 1. The Morgan fingerprint density at radius 3 is 2.88 bits per heavy atom. The number of thiazole rings is 1. The first-order valence-electron chi connectivity index (χ1n) is 7.42. The molecule has 0 bridgehead atoms. The maximum Gasteiger partial charge on any atom is 0.203 e. The summed E-state index contributed by atoms with van der Waals surface area (Å²) in [5.41, 5.74) is 5.90. The molecular formula is C19H14BrN3OS. The molecule has 4 nitrogen and oxygen atoms in total. The standard InChI is InChI=1S/C19H14BrN3OS/c1-2-10-24-18-9-8-14(11-16(18)20)12-21-23-19-22-17(13-25-19)15-6-4-3-5-7-15/h1,3-9,11-13H,10H2,(H,22,23). The van der Waals surface area contributed by atoms with Crippen LogP contribution in [0.25, 0.3) is 11.3 Å². The SMILES string of the molecule is C#CCOc1ccc(C=NNc2nc(-c3ccccc3)cs2)cc1Br. The number of nitrogens with zero attached hydrogens (tertiary/aromatic N) is 2. The number of halogens is 1. The summed E-state index contributed by atoms with van der Waals surface area (Å²) in [6.07, 6.45) is 6.91. The number of hydrogen-bond donors (Lipinski definition) is 1. The van der Waals surface area contributed by atoms with Crippen molar-refractivity contribution in [2.45, 2.75) is 0 Å². The second kappa shape index (κ2) is 8.47. The summed E-state index contributed by atoms with van der Waals surface area (Å²) in [4.78, 5) is 4.52. The first-order chi connectivity index (χ1) is 12.3. The van der Waals surface area contributed by atoms with Crippen molar-refractivity contribution >= 4 is 38.6 Å². The van der Waals surface area contributed by atoms with Crippen LogP contribution < -0.4 is 10.2 Å². The number of aromatic nitrogens is 1. The molecule has 3 rings (SSSR count). The van der Waals surface area contributed by atoms with Crippen molar-refractivity contribution in [3.05, 3.63) is 63.9 Å². The van der Waals surface area contributed by atoms with Gasteiger partial charge in [-0.25, -0.2) is 4.98 Å². The molecule has 0 aliphatic carbocycles. The zero-order valence-corrected chi connectivity index (χ0v) is 15.5. The second-order valence-electron chi connectivity index (χ2n) is 4.96. The Bertz CT molecular complexity index is 916. The van der Waals surface area contributed by atoms with Gasteiger partial charge in [0.1, 0.15) is 12.4 Å². The van der Waals surface area contributed by atoms with Crippen molar-refractivity contribution < 1.29 is 4.74 Å². The minimum atomic E-state index is 0.237. The number of rotatable bonds is 6. The van der Waals surface area contributed by atoms with Gasteiger partial charge >= 0.3 is 0 Å². The predicted octanol–water partition coefficient (Wildman–Crippen LogP) is 5.03. The van der Waals surface area contributed by atoms with Crippen LogP contribution in [-0.4, -0.2) is 17.8 Å². The number of anilines is 1. The Balaban J connectivity index is 1.63. The minimum Gasteiger partial charge on any atom is -0.480 e. The van der Waals surface area contributed by atoms with Gasteiger partial charge in [-0.05, 0) is 39.7 Å². The third kappa shape index (κ3) is 4.69. The Morgan fingerprint density at radius 1 is 1.28 bits per heavy atom. The molecule has 124 valence electrons. The molecule has 0 aliphatic heterocycles. The van der Waals surface area contributed by atoms with Crippen LogP contribution in [0, 0.1) is 12.3 Å². The zero-order valence-electron chi connectivity index (χ0n) is 13.1. The quantitative estimate of drug-likeness (QED) is 0.351. The number of benzene rings is 2. The number of hydrogen-bond acceptors (Lipinski definition) is 5. The maximum absolute atomic E-state index is 5.41. The van der Waals surface area contributed by atoms with Gasteiger partial charge < -0.3 is 4.74 Å². The van der Waals surface area contributed by atoms with Gasteiger partial charge in [-0.2, -0.15) is 5.10 Å². The van der Waals surface area contributed by atoms with Crippen LogP contribution in [-0.2, 0) is 0 Å². The molecule has 3 aromatic rings. The van der Waals surface area contributed by atoms with E-state index in [2.05, 4.69) is 37.4 Å². The van der Waals surface area contributed by atoms with Crippen LogP contribution >= 0.6 is 27.3 Å². The lowest BCUT2D eigenvalue weighted by Crippen LogP contribution is -1.95. The van der Waals surface area contributed by atoms with E-state index in [0.29, 0.717) is 5.75 Å². The van der Waals surface area contributed by atoms with E-state index in [-0.39, 0.29) is 6.61 Å². The summed E-state index contributed by atoms with van der Waals surface area (Å²) in [7, 11) is 0. The van der Waals surface area contributed by atoms with Crippen LogP contribution in [0.2, 0.25) is 0 Å². The molecule has 0 fully saturated rings. The van der Waals surface area contributed by atoms with Gasteiger partial charge in [0, 0.05) is 10.9 Å². The van der Waals surface area contributed by atoms with Gasteiger partial charge in [-0.3, -0.25) is 5.43 Å². The van der Waals surface area contributed by atoms with Gasteiger partial charge in [0.2, 0.25) is 5.13 Å². The first kappa shape index (κ1) is 17.2. The van der Waals surface area contributed by atoms with E-state index in [0.717, 1.165) is 26.4 Å². The average molecular weight is 412 g/mol. The lowest BCUT2D eigenvalue weighted by Gasteiger charge is -2.05. The molecule has 0 radical (unpaired) electrons. The summed E-state index contributed by atoms with van der Waals surface area (Å²) >= 11 is 4.97. The first-order valence-corrected chi connectivity index (χ1v) is 9.09. The van der Waals surface area contributed by atoms with E-state index in [1.54, 1.807) is 6.21 Å². The third-order valence-corrected chi connectivity index (χ3v) is 4.58. The lowest BCUT2D eigenvalue weighted by atomic mass is 10.2. The van der Waals surface area contributed by atoms with Crippen molar-refractivity contribution in [3.63, 3.8) is 0 Å². The van der Waals surface area contributed by atoms with Crippen molar-refractivity contribution in [2.24, 2.45) is 5.10 Å². The third-order valence-electron chi connectivity index (χ3n) is 3.21. The zero-order chi connectivity index (χ0) is 17.5. The number of ether oxygens (including phenoxy) is 1. The highest BCUT2D eigenvalue weighted by Crippen LogP contribution is 2.26. The molecule has 1 heterocycles. The van der Waals surface area contributed by atoms with Crippen LogP contribution in [0.15, 0.2) is 63.5 Å². The molecule has 0 amide bonds. The van der Waals surface area contributed by atoms with Crippen LogP contribution in [0.1, 0.15) is 5.56 Å². The smallest absolute Gasteiger partial charge is 0.203 e. The molecule has 25 heavy (non-hydrogen) atoms. The van der Waals surface area contributed by atoms with E-state index in [1.165, 1.54) is 11.3 Å². The fourth-order valence-corrected chi connectivity index (χ4v) is 3.24. The summed E-state index contributed by atoms with van der Waals surface area (Å²) in [5, 5.41) is 6.97. The van der Waals surface area contributed by atoms with E-state index in [9.17, 15) is 0 Å². The molecule has 2 aromatic carbocycles. The molecule has 1 aromatic heterocycles. The lowest BCUT2D eigenvalue weighted by molar-refractivity contribution is 0.368. The highest BCUT2D eigenvalue weighted by Gasteiger charge is 2.03. The molecule has 0 atom stereocenters. The van der Waals surface area contributed by atoms with E-state index < -0.39 is 0 Å². The van der Waals surface area contributed by atoms with E-state index in [4.69, 9.17) is 11.2 Å². The monoisotopic (exact) mass is 411 g/mol. The number of terminal acetylenes is 1. The molecule has 0 saturated carbocycles. The predicted molar refractivity (Wildman–Crippen MR) is 107 cm³/mol. The largest absolute Gasteiger partial charge is 0.480 e. The van der Waals surface area contributed by atoms with Crippen molar-refractivity contribution in [1.82, 2.24) is 4.98 Å². The summed E-state index contributed by atoms with van der Waals surface area (Å²) in [6, 6.07) is 15.7. The summed E-state index contributed by atoms with van der Waals surface area (Å²) in [5.74, 6) is 3.14. The van der Waals surface area contributed by atoms with Crippen molar-refractivity contribution in [1.29, 1.82) is 0 Å². The molecular weight excluding hydrogens is 398 g/mol. The fourth-order valence-electron chi connectivity index (χ4n) is 2.06. The summed E-state index contributed by atoms with van der Waals surface area (Å²) in [6.45, 7) is 0.237. The second-order valence-corrected chi connectivity index (χ2v) is 6.67. The summed E-state index contributed by atoms with van der Waals surface area (Å²) < 4.78 is 6.23. The van der Waals surface area contributed by atoms with Gasteiger partial charge in [-0.15, -0.1) is 17.8 Å². The van der Waals surface area contributed by atoms with Crippen molar-refractivity contribution in [2.75, 3.05) is 12.0 Å². The van der Waals surface area contributed by atoms with Crippen LogP contribution in [0.5, 0.6) is 5.75 Å². The van der Waals surface area contributed by atoms with E-state index >= 15 is 0 Å². The topological polar surface area (TPSA) is 46.5 Å². The molecule has 0 spiro atoms. The Labute approximate surface area is 158 Å². The normalized spacial score (nSPS) is 10.6. The van der Waals surface area contributed by atoms with Crippen LogP contribution in [0.4, 0.5) is 5.13 Å².